The first-order valence-corrected chi connectivity index (χ1v) is 8.18. The summed E-state index contributed by atoms with van der Waals surface area (Å²) < 4.78 is 1.03. The number of hydrogen-bond donors (Lipinski definition) is 2. The van der Waals surface area contributed by atoms with E-state index in [-0.39, 0.29) is 12.0 Å². The molecule has 0 aromatic heterocycles. The van der Waals surface area contributed by atoms with Crippen molar-refractivity contribution >= 4 is 15.9 Å². The third-order valence-corrected chi connectivity index (χ3v) is 4.94. The second-order valence-corrected chi connectivity index (χ2v) is 6.72. The van der Waals surface area contributed by atoms with Gasteiger partial charge in [-0.25, -0.2) is 0 Å². The van der Waals surface area contributed by atoms with Crippen LogP contribution in [0.5, 0.6) is 0 Å². The molecule has 110 valence electrons. The summed E-state index contributed by atoms with van der Waals surface area (Å²) in [5.74, 6) is 0.795. The fourth-order valence-corrected chi connectivity index (χ4v) is 3.60. The Morgan fingerprint density at radius 1 is 1.14 bits per heavy atom. The van der Waals surface area contributed by atoms with Crippen LogP contribution < -0.4 is 5.73 Å². The number of benzene rings is 2. The number of nitrogens with two attached hydrogens (primary N) is 1. The maximum absolute atomic E-state index is 10.7. The van der Waals surface area contributed by atoms with Crippen molar-refractivity contribution in [2.45, 2.75) is 24.4 Å². The Morgan fingerprint density at radius 3 is 2.57 bits per heavy atom. The average Bonchev–Trinajstić information content (AvgIpc) is 3.29. The molecule has 3 rings (SSSR count). The molecule has 2 aromatic carbocycles. The molecule has 0 amide bonds. The van der Waals surface area contributed by atoms with Crippen LogP contribution in [0.4, 0.5) is 0 Å². The van der Waals surface area contributed by atoms with Gasteiger partial charge in [-0.2, -0.15) is 0 Å². The van der Waals surface area contributed by atoms with Crippen LogP contribution in [0.1, 0.15) is 29.4 Å². The van der Waals surface area contributed by atoms with E-state index >= 15 is 0 Å². The van der Waals surface area contributed by atoms with Gasteiger partial charge < -0.3 is 10.8 Å². The van der Waals surface area contributed by atoms with E-state index in [9.17, 15) is 5.11 Å². The number of hydrogen-bond acceptors (Lipinski definition) is 2. The molecule has 0 radical (unpaired) electrons. The molecule has 2 aromatic rings. The van der Waals surface area contributed by atoms with Crippen molar-refractivity contribution in [1.82, 2.24) is 0 Å². The number of halogens is 1. The van der Waals surface area contributed by atoms with Gasteiger partial charge in [0.15, 0.2) is 0 Å². The molecule has 2 nitrogen and oxygen atoms in total. The first-order valence-electron chi connectivity index (χ1n) is 7.39. The molecule has 1 saturated carbocycles. The summed E-state index contributed by atoms with van der Waals surface area (Å²) >= 11 is 3.49. The van der Waals surface area contributed by atoms with Gasteiger partial charge in [-0.3, -0.25) is 0 Å². The Bertz CT molecular complexity index is 601. The van der Waals surface area contributed by atoms with Gasteiger partial charge >= 0.3 is 0 Å². The third kappa shape index (κ3) is 3.20. The van der Waals surface area contributed by atoms with E-state index in [1.54, 1.807) is 0 Å². The van der Waals surface area contributed by atoms with Crippen LogP contribution in [-0.2, 0) is 0 Å². The zero-order valence-corrected chi connectivity index (χ0v) is 13.4. The Morgan fingerprint density at radius 2 is 1.90 bits per heavy atom. The average molecular weight is 346 g/mol. The first-order chi connectivity index (χ1) is 10.2. The molecule has 1 fully saturated rings. The van der Waals surface area contributed by atoms with Crippen LogP contribution in [0.3, 0.4) is 0 Å². The van der Waals surface area contributed by atoms with Crippen LogP contribution in [0, 0.1) is 5.92 Å². The van der Waals surface area contributed by atoms with E-state index in [2.05, 4.69) is 46.3 Å². The van der Waals surface area contributed by atoms with Crippen molar-refractivity contribution in [1.29, 1.82) is 0 Å². The quantitative estimate of drug-likeness (QED) is 0.868. The maximum atomic E-state index is 10.7. The summed E-state index contributed by atoms with van der Waals surface area (Å²) in [5, 5.41) is 10.7. The minimum Gasteiger partial charge on any atom is -0.392 e. The topological polar surface area (TPSA) is 46.2 Å². The van der Waals surface area contributed by atoms with Crippen molar-refractivity contribution in [2.75, 3.05) is 6.54 Å². The van der Waals surface area contributed by atoms with E-state index in [1.165, 1.54) is 5.56 Å². The standard InChI is InChI=1S/C18H20BrNO/c19-14-8-4-7-13(9-14)17(11-20)18(21)16-10-15(16)12-5-2-1-3-6-12/h1-9,15-18,21H,10-11,20H2. The summed E-state index contributed by atoms with van der Waals surface area (Å²) in [4.78, 5) is 0. The predicted octanol–water partition coefficient (Wildman–Crippen LogP) is 3.66. The highest BCUT2D eigenvalue weighted by atomic mass is 79.9. The molecule has 1 aliphatic rings. The van der Waals surface area contributed by atoms with E-state index in [0.717, 1.165) is 16.5 Å². The van der Waals surface area contributed by atoms with E-state index in [4.69, 9.17) is 5.73 Å². The zero-order chi connectivity index (χ0) is 14.8. The van der Waals surface area contributed by atoms with Gasteiger partial charge in [-0.1, -0.05) is 58.4 Å². The van der Waals surface area contributed by atoms with Crippen LogP contribution in [-0.4, -0.2) is 17.8 Å². The van der Waals surface area contributed by atoms with Crippen LogP contribution in [0.15, 0.2) is 59.1 Å². The molecule has 4 atom stereocenters. The maximum Gasteiger partial charge on any atom is 0.0655 e. The molecule has 3 heteroatoms. The van der Waals surface area contributed by atoms with E-state index < -0.39 is 0 Å². The summed E-state index contributed by atoms with van der Waals surface area (Å²) in [7, 11) is 0. The number of rotatable bonds is 5. The largest absolute Gasteiger partial charge is 0.392 e. The highest BCUT2D eigenvalue weighted by Gasteiger charge is 2.45. The highest BCUT2D eigenvalue weighted by Crippen LogP contribution is 2.52. The monoisotopic (exact) mass is 345 g/mol. The van der Waals surface area contributed by atoms with Gasteiger partial charge in [0.25, 0.3) is 0 Å². The minimum absolute atomic E-state index is 0.00112. The molecular weight excluding hydrogens is 326 g/mol. The Balaban J connectivity index is 1.74. The number of aliphatic hydroxyl groups excluding tert-OH is 1. The van der Waals surface area contributed by atoms with Gasteiger partial charge in [0.2, 0.25) is 0 Å². The van der Waals surface area contributed by atoms with Crippen molar-refractivity contribution in [3.63, 3.8) is 0 Å². The summed E-state index contributed by atoms with van der Waals surface area (Å²) in [6.45, 7) is 0.468. The highest BCUT2D eigenvalue weighted by molar-refractivity contribution is 9.10. The summed E-state index contributed by atoms with van der Waals surface area (Å²) in [6, 6.07) is 18.5. The Hall–Kier alpha value is -1.16. The normalized spacial score (nSPS) is 23.6. The van der Waals surface area contributed by atoms with Gasteiger partial charge in [-0.05, 0) is 41.5 Å². The number of aliphatic hydroxyl groups is 1. The lowest BCUT2D eigenvalue weighted by Gasteiger charge is -2.22. The van der Waals surface area contributed by atoms with Crippen LogP contribution in [0.25, 0.3) is 0 Å². The Labute approximate surface area is 134 Å². The second-order valence-electron chi connectivity index (χ2n) is 5.80. The molecule has 3 N–H and O–H groups in total. The molecule has 0 heterocycles. The molecule has 4 unspecified atom stereocenters. The fraction of sp³-hybridized carbons (Fsp3) is 0.333. The van der Waals surface area contributed by atoms with Gasteiger partial charge in [0, 0.05) is 16.9 Å². The van der Waals surface area contributed by atoms with Crippen LogP contribution in [0.2, 0.25) is 0 Å². The zero-order valence-electron chi connectivity index (χ0n) is 11.8. The van der Waals surface area contributed by atoms with Gasteiger partial charge in [0.05, 0.1) is 6.10 Å². The molecule has 0 saturated heterocycles. The summed E-state index contributed by atoms with van der Waals surface area (Å²) in [6.07, 6.45) is 0.671. The van der Waals surface area contributed by atoms with Crippen molar-refractivity contribution in [3.8, 4) is 0 Å². The fourth-order valence-electron chi connectivity index (χ4n) is 3.18. The Kier molecular flexibility index (Phi) is 4.43. The third-order valence-electron chi connectivity index (χ3n) is 4.45. The molecule has 0 bridgehead atoms. The molecule has 0 aliphatic heterocycles. The van der Waals surface area contributed by atoms with Crippen molar-refractivity contribution in [3.05, 3.63) is 70.2 Å². The summed E-state index contributed by atoms with van der Waals surface area (Å²) in [5.41, 5.74) is 8.37. The minimum atomic E-state index is -0.380. The van der Waals surface area contributed by atoms with E-state index in [0.29, 0.717) is 18.4 Å². The predicted molar refractivity (Wildman–Crippen MR) is 89.2 cm³/mol. The van der Waals surface area contributed by atoms with Gasteiger partial charge in [-0.15, -0.1) is 0 Å². The molecule has 1 aliphatic carbocycles. The van der Waals surface area contributed by atoms with Gasteiger partial charge in [0.1, 0.15) is 0 Å². The smallest absolute Gasteiger partial charge is 0.0655 e. The SMILES string of the molecule is NCC(c1cccc(Br)c1)C(O)C1CC1c1ccccc1. The molecular formula is C18H20BrNO. The lowest BCUT2D eigenvalue weighted by atomic mass is 9.89. The lowest BCUT2D eigenvalue weighted by Crippen LogP contribution is -2.28. The van der Waals surface area contributed by atoms with Crippen LogP contribution >= 0.6 is 15.9 Å². The van der Waals surface area contributed by atoms with E-state index in [1.807, 2.05) is 24.3 Å². The molecule has 21 heavy (non-hydrogen) atoms. The second kappa shape index (κ2) is 6.30. The van der Waals surface area contributed by atoms with Crippen molar-refractivity contribution < 1.29 is 5.11 Å². The van der Waals surface area contributed by atoms with Crippen molar-refractivity contribution in [2.24, 2.45) is 11.7 Å². The first kappa shape index (κ1) is 14.8. The lowest BCUT2D eigenvalue weighted by molar-refractivity contribution is 0.120. The molecule has 0 spiro atoms.